The largest absolute Gasteiger partial charge is 0.339 e. The Morgan fingerprint density at radius 1 is 1.48 bits per heavy atom. The number of anilines is 1. The van der Waals surface area contributed by atoms with Gasteiger partial charge in [0, 0.05) is 29.5 Å². The molecule has 2 aromatic rings. The summed E-state index contributed by atoms with van der Waals surface area (Å²) < 4.78 is 5.20. The average molecular weight is 349 g/mol. The zero-order valence-corrected chi connectivity index (χ0v) is 14.8. The van der Waals surface area contributed by atoms with E-state index in [9.17, 15) is 4.79 Å². The molecule has 1 amide bonds. The molecular formula is C16H19N3O2S2. The molecule has 23 heavy (non-hydrogen) atoms. The van der Waals surface area contributed by atoms with E-state index < -0.39 is 0 Å². The summed E-state index contributed by atoms with van der Waals surface area (Å²) in [5, 5.41) is 3.91. The van der Waals surface area contributed by atoms with Crippen LogP contribution in [0.1, 0.15) is 25.1 Å². The lowest BCUT2D eigenvalue weighted by Gasteiger charge is -2.34. The Labute approximate surface area is 144 Å². The first-order chi connectivity index (χ1) is 11.2. The number of aromatic nitrogens is 2. The van der Waals surface area contributed by atoms with Gasteiger partial charge in [0.25, 0.3) is 0 Å². The Balaban J connectivity index is 1.68. The Bertz CT molecular complexity index is 689. The van der Waals surface area contributed by atoms with Gasteiger partial charge in [0.1, 0.15) is 0 Å². The molecule has 1 atom stereocenters. The van der Waals surface area contributed by atoms with E-state index in [1.165, 1.54) is 4.90 Å². The predicted molar refractivity (Wildman–Crippen MR) is 94.0 cm³/mol. The minimum atomic E-state index is 0.106. The van der Waals surface area contributed by atoms with Gasteiger partial charge in [-0.2, -0.15) is 16.7 Å². The van der Waals surface area contributed by atoms with Gasteiger partial charge in [-0.3, -0.25) is 4.79 Å². The van der Waals surface area contributed by atoms with Crippen LogP contribution in [-0.2, 0) is 17.0 Å². The van der Waals surface area contributed by atoms with E-state index in [0.717, 1.165) is 17.2 Å². The van der Waals surface area contributed by atoms with Crippen molar-refractivity contribution in [2.45, 2.75) is 36.5 Å². The minimum absolute atomic E-state index is 0.106. The number of hydrogen-bond acceptors (Lipinski definition) is 6. The summed E-state index contributed by atoms with van der Waals surface area (Å²) >= 11 is 3.45. The molecular weight excluding hydrogens is 330 g/mol. The van der Waals surface area contributed by atoms with Crippen LogP contribution >= 0.6 is 23.5 Å². The van der Waals surface area contributed by atoms with Crippen molar-refractivity contribution in [1.29, 1.82) is 0 Å². The third-order valence-electron chi connectivity index (χ3n) is 3.65. The molecule has 0 unspecified atom stereocenters. The van der Waals surface area contributed by atoms with Crippen molar-refractivity contribution in [2.24, 2.45) is 0 Å². The number of nitrogens with zero attached hydrogens (tertiary/aromatic N) is 3. The second-order valence-electron chi connectivity index (χ2n) is 5.43. The monoisotopic (exact) mass is 349 g/mol. The van der Waals surface area contributed by atoms with Crippen molar-refractivity contribution < 1.29 is 9.32 Å². The van der Waals surface area contributed by atoms with Crippen molar-refractivity contribution in [3.63, 3.8) is 0 Å². The number of fused-ring (bicyclic) bond motifs is 1. The quantitative estimate of drug-likeness (QED) is 0.825. The summed E-state index contributed by atoms with van der Waals surface area (Å²) in [4.78, 5) is 20.1. The number of carbonyl (C=O) groups is 1. The Kier molecular flexibility index (Phi) is 5.27. The molecule has 5 nitrogen and oxygen atoms in total. The molecule has 0 bridgehead atoms. The van der Waals surface area contributed by atoms with Gasteiger partial charge in [-0.25, -0.2) is 0 Å². The molecule has 1 aliphatic heterocycles. The fourth-order valence-corrected chi connectivity index (χ4v) is 4.03. The fourth-order valence-electron chi connectivity index (χ4n) is 2.59. The number of aryl methyl sites for hydroxylation is 1. The van der Waals surface area contributed by atoms with Crippen LogP contribution in [0.15, 0.2) is 33.7 Å². The second-order valence-corrected chi connectivity index (χ2v) is 7.36. The molecule has 7 heteroatoms. The van der Waals surface area contributed by atoms with Crippen LogP contribution in [0.4, 0.5) is 5.69 Å². The van der Waals surface area contributed by atoms with Crippen LogP contribution in [0, 0.1) is 0 Å². The average Bonchev–Trinajstić information content (AvgIpc) is 3.00. The third kappa shape index (κ3) is 3.72. The molecule has 1 aliphatic rings. The number of para-hydroxylation sites is 1. The van der Waals surface area contributed by atoms with Gasteiger partial charge in [0.2, 0.25) is 11.8 Å². The highest BCUT2D eigenvalue weighted by molar-refractivity contribution is 7.99. The molecule has 0 N–H and O–H groups in total. The summed E-state index contributed by atoms with van der Waals surface area (Å²) in [7, 11) is 0. The standard InChI is InChI=1S/C16H19N3O2S2/c1-11-9-23-13-6-4-3-5-12(13)19(11)16(20)8-7-15-17-14(10-22-2)18-21-15/h3-6,11H,7-10H2,1-2H3/t11-/m1/s1. The van der Waals surface area contributed by atoms with Crippen LogP contribution in [0.25, 0.3) is 0 Å². The summed E-state index contributed by atoms with van der Waals surface area (Å²) in [5.74, 6) is 2.98. The third-order valence-corrected chi connectivity index (χ3v) is 5.50. The van der Waals surface area contributed by atoms with Crippen LogP contribution in [0.5, 0.6) is 0 Å². The number of amides is 1. The lowest BCUT2D eigenvalue weighted by molar-refractivity contribution is -0.119. The van der Waals surface area contributed by atoms with Crippen LogP contribution in [-0.4, -0.2) is 34.1 Å². The van der Waals surface area contributed by atoms with Crippen molar-refractivity contribution in [1.82, 2.24) is 10.1 Å². The van der Waals surface area contributed by atoms with E-state index in [-0.39, 0.29) is 11.9 Å². The highest BCUT2D eigenvalue weighted by Gasteiger charge is 2.28. The number of thioether (sulfide) groups is 2. The molecule has 0 fully saturated rings. The predicted octanol–water partition coefficient (Wildman–Crippen LogP) is 3.39. The number of rotatable bonds is 5. The zero-order chi connectivity index (χ0) is 16.2. The topological polar surface area (TPSA) is 59.2 Å². The lowest BCUT2D eigenvalue weighted by Crippen LogP contribution is -2.42. The van der Waals surface area contributed by atoms with E-state index in [0.29, 0.717) is 24.6 Å². The van der Waals surface area contributed by atoms with E-state index >= 15 is 0 Å². The lowest BCUT2D eigenvalue weighted by atomic mass is 10.2. The van der Waals surface area contributed by atoms with Crippen molar-refractivity contribution in [3.8, 4) is 0 Å². The summed E-state index contributed by atoms with van der Waals surface area (Å²) in [6.07, 6.45) is 2.86. The van der Waals surface area contributed by atoms with Gasteiger partial charge in [0.05, 0.1) is 11.4 Å². The first-order valence-electron chi connectivity index (χ1n) is 7.53. The maximum atomic E-state index is 12.7. The van der Waals surface area contributed by atoms with Crippen molar-refractivity contribution in [3.05, 3.63) is 36.0 Å². The summed E-state index contributed by atoms with van der Waals surface area (Å²) in [5.41, 5.74) is 1.01. The van der Waals surface area contributed by atoms with Gasteiger partial charge in [0.15, 0.2) is 5.82 Å². The normalized spacial score (nSPS) is 17.1. The maximum Gasteiger partial charge on any atom is 0.227 e. The molecule has 0 spiro atoms. The second kappa shape index (κ2) is 7.40. The molecule has 2 heterocycles. The first kappa shape index (κ1) is 16.4. The van der Waals surface area contributed by atoms with Gasteiger partial charge in [-0.15, -0.1) is 11.8 Å². The number of hydrogen-bond donors (Lipinski definition) is 0. The van der Waals surface area contributed by atoms with Crippen LogP contribution < -0.4 is 4.90 Å². The van der Waals surface area contributed by atoms with Gasteiger partial charge in [-0.1, -0.05) is 17.3 Å². The highest BCUT2D eigenvalue weighted by Crippen LogP contribution is 2.37. The molecule has 1 aromatic carbocycles. The minimum Gasteiger partial charge on any atom is -0.339 e. The zero-order valence-electron chi connectivity index (χ0n) is 13.2. The van der Waals surface area contributed by atoms with E-state index in [4.69, 9.17) is 4.52 Å². The van der Waals surface area contributed by atoms with E-state index in [1.807, 2.05) is 29.4 Å². The molecule has 122 valence electrons. The van der Waals surface area contributed by atoms with Gasteiger partial charge < -0.3 is 9.42 Å². The number of carbonyl (C=O) groups excluding carboxylic acids is 1. The van der Waals surface area contributed by atoms with Gasteiger partial charge in [-0.05, 0) is 25.3 Å². The fraction of sp³-hybridized carbons (Fsp3) is 0.438. The molecule has 0 saturated carbocycles. The van der Waals surface area contributed by atoms with Crippen molar-refractivity contribution >= 4 is 35.1 Å². The van der Waals surface area contributed by atoms with E-state index in [2.05, 4.69) is 23.1 Å². The van der Waals surface area contributed by atoms with Crippen LogP contribution in [0.2, 0.25) is 0 Å². The Morgan fingerprint density at radius 2 is 2.30 bits per heavy atom. The van der Waals surface area contributed by atoms with E-state index in [1.54, 1.807) is 23.5 Å². The SMILES string of the molecule is CSCc1noc(CCC(=O)N2c3ccccc3SC[C@H]2C)n1. The number of benzene rings is 1. The summed E-state index contributed by atoms with van der Waals surface area (Å²) in [6.45, 7) is 2.09. The molecule has 0 aliphatic carbocycles. The smallest absolute Gasteiger partial charge is 0.227 e. The Morgan fingerprint density at radius 3 is 3.13 bits per heavy atom. The van der Waals surface area contributed by atoms with Crippen LogP contribution in [0.3, 0.4) is 0 Å². The highest BCUT2D eigenvalue weighted by atomic mass is 32.2. The molecule has 3 rings (SSSR count). The Hall–Kier alpha value is -1.47. The first-order valence-corrected chi connectivity index (χ1v) is 9.91. The molecule has 1 aromatic heterocycles. The van der Waals surface area contributed by atoms with Gasteiger partial charge >= 0.3 is 0 Å². The molecule has 0 saturated heterocycles. The van der Waals surface area contributed by atoms with Crippen molar-refractivity contribution in [2.75, 3.05) is 16.9 Å². The maximum absolute atomic E-state index is 12.7. The summed E-state index contributed by atoms with van der Waals surface area (Å²) in [6, 6.07) is 8.26. The molecule has 0 radical (unpaired) electrons.